The molecule has 0 aliphatic carbocycles. The van der Waals surface area contributed by atoms with Crippen molar-refractivity contribution in [2.45, 2.75) is 13.8 Å². The zero-order chi connectivity index (χ0) is 15.5. The molecule has 0 fully saturated rings. The molecule has 0 spiro atoms. The maximum absolute atomic E-state index is 12.2. The van der Waals surface area contributed by atoms with E-state index in [1.807, 2.05) is 36.4 Å². The number of nitrogens with zero attached hydrogens (tertiary/aromatic N) is 2. The molecule has 3 aromatic rings. The number of aromatic nitrogens is 2. The molecule has 1 amide bonds. The van der Waals surface area contributed by atoms with Gasteiger partial charge in [-0.15, -0.1) is 0 Å². The maximum atomic E-state index is 12.2. The Hall–Kier alpha value is -2.95. The van der Waals surface area contributed by atoms with E-state index < -0.39 is 0 Å². The van der Waals surface area contributed by atoms with E-state index >= 15 is 0 Å². The Balaban J connectivity index is 1.78. The van der Waals surface area contributed by atoms with Crippen LogP contribution in [-0.2, 0) is 0 Å². The summed E-state index contributed by atoms with van der Waals surface area (Å²) in [5, 5.41) is 6.53. The number of pyridine rings is 1. The summed E-state index contributed by atoms with van der Waals surface area (Å²) in [6.07, 6.45) is 1.73. The molecule has 3 rings (SSSR count). The fraction of sp³-hybridized carbons (Fsp3) is 0.118. The topological polar surface area (TPSA) is 68.0 Å². The molecule has 1 N–H and O–H groups in total. The average Bonchev–Trinajstić information content (AvgIpc) is 2.88. The summed E-state index contributed by atoms with van der Waals surface area (Å²) in [7, 11) is 0. The van der Waals surface area contributed by atoms with E-state index in [0.29, 0.717) is 22.8 Å². The first-order valence-corrected chi connectivity index (χ1v) is 6.91. The second kappa shape index (κ2) is 5.81. The molecule has 0 aliphatic heterocycles. The zero-order valence-electron chi connectivity index (χ0n) is 12.3. The van der Waals surface area contributed by atoms with Crippen molar-refractivity contribution in [1.82, 2.24) is 10.1 Å². The van der Waals surface area contributed by atoms with Crippen LogP contribution in [0.2, 0.25) is 0 Å². The Morgan fingerprint density at radius 1 is 1.05 bits per heavy atom. The van der Waals surface area contributed by atoms with Gasteiger partial charge in [0, 0.05) is 11.8 Å². The van der Waals surface area contributed by atoms with Gasteiger partial charge < -0.3 is 9.84 Å². The van der Waals surface area contributed by atoms with Crippen LogP contribution in [0.5, 0.6) is 0 Å². The molecule has 2 heterocycles. The van der Waals surface area contributed by atoms with E-state index in [1.165, 1.54) is 0 Å². The molecule has 2 aromatic heterocycles. The normalized spacial score (nSPS) is 10.5. The minimum Gasteiger partial charge on any atom is -0.361 e. The van der Waals surface area contributed by atoms with Crippen molar-refractivity contribution in [3.05, 3.63) is 65.7 Å². The molecule has 0 unspecified atom stereocenters. The Labute approximate surface area is 128 Å². The van der Waals surface area contributed by atoms with Crippen LogP contribution >= 0.6 is 0 Å². The molecule has 0 atom stereocenters. The third kappa shape index (κ3) is 2.74. The summed E-state index contributed by atoms with van der Waals surface area (Å²) in [4.78, 5) is 16.5. The lowest BCUT2D eigenvalue weighted by Crippen LogP contribution is -2.14. The lowest BCUT2D eigenvalue weighted by molar-refractivity contribution is 0.102. The lowest BCUT2D eigenvalue weighted by Gasteiger charge is -2.05. The van der Waals surface area contributed by atoms with Crippen molar-refractivity contribution in [1.29, 1.82) is 0 Å². The second-order valence-electron chi connectivity index (χ2n) is 4.95. The Kier molecular flexibility index (Phi) is 3.70. The summed E-state index contributed by atoms with van der Waals surface area (Å²) in [5.41, 5.74) is 3.10. The van der Waals surface area contributed by atoms with Crippen molar-refractivity contribution in [3.63, 3.8) is 0 Å². The highest BCUT2D eigenvalue weighted by Crippen LogP contribution is 2.20. The minimum atomic E-state index is -0.267. The highest BCUT2D eigenvalue weighted by molar-refractivity contribution is 6.05. The Morgan fingerprint density at radius 3 is 2.41 bits per heavy atom. The minimum absolute atomic E-state index is 0.267. The van der Waals surface area contributed by atoms with Crippen LogP contribution in [0.3, 0.4) is 0 Å². The van der Waals surface area contributed by atoms with Gasteiger partial charge in [0.15, 0.2) is 0 Å². The van der Waals surface area contributed by atoms with Gasteiger partial charge >= 0.3 is 0 Å². The molecule has 0 saturated heterocycles. The summed E-state index contributed by atoms with van der Waals surface area (Å²) >= 11 is 0. The van der Waals surface area contributed by atoms with Crippen LogP contribution in [-0.4, -0.2) is 16.0 Å². The second-order valence-corrected chi connectivity index (χ2v) is 4.95. The molecule has 22 heavy (non-hydrogen) atoms. The molecule has 5 nitrogen and oxygen atoms in total. The first kappa shape index (κ1) is 14.0. The van der Waals surface area contributed by atoms with Crippen LogP contribution < -0.4 is 5.32 Å². The average molecular weight is 293 g/mol. The standard InChI is InChI=1S/C17H15N3O2/c1-11-16(12(2)22-20-11)17(21)19-15-9-8-14(10-18-15)13-6-4-3-5-7-13/h3-10H,1-2H3,(H,18,19,21). The number of amides is 1. The van der Waals surface area contributed by atoms with E-state index in [-0.39, 0.29) is 5.91 Å². The number of hydrogen-bond donors (Lipinski definition) is 1. The monoisotopic (exact) mass is 293 g/mol. The van der Waals surface area contributed by atoms with Crippen molar-refractivity contribution < 1.29 is 9.32 Å². The number of aryl methyl sites for hydroxylation is 2. The van der Waals surface area contributed by atoms with E-state index in [9.17, 15) is 4.79 Å². The van der Waals surface area contributed by atoms with E-state index in [4.69, 9.17) is 4.52 Å². The number of carbonyl (C=O) groups excluding carboxylic acids is 1. The molecular formula is C17H15N3O2. The van der Waals surface area contributed by atoms with Crippen LogP contribution in [0.1, 0.15) is 21.8 Å². The molecule has 5 heteroatoms. The van der Waals surface area contributed by atoms with Gasteiger partial charge in [0.25, 0.3) is 5.91 Å². The first-order chi connectivity index (χ1) is 10.6. The van der Waals surface area contributed by atoms with Crippen LogP contribution in [0.4, 0.5) is 5.82 Å². The number of rotatable bonds is 3. The predicted molar refractivity (Wildman–Crippen MR) is 83.6 cm³/mol. The van der Waals surface area contributed by atoms with Gasteiger partial charge in [0.05, 0.1) is 5.69 Å². The highest BCUT2D eigenvalue weighted by Gasteiger charge is 2.17. The van der Waals surface area contributed by atoms with Gasteiger partial charge in [0.1, 0.15) is 17.1 Å². The molecule has 0 radical (unpaired) electrons. The van der Waals surface area contributed by atoms with Crippen LogP contribution in [0, 0.1) is 13.8 Å². The smallest absolute Gasteiger partial charge is 0.262 e. The number of anilines is 1. The Bertz CT molecular complexity index is 773. The van der Waals surface area contributed by atoms with E-state index in [0.717, 1.165) is 11.1 Å². The van der Waals surface area contributed by atoms with Crippen LogP contribution in [0.15, 0.2) is 53.2 Å². The van der Waals surface area contributed by atoms with E-state index in [1.54, 1.807) is 26.1 Å². The highest BCUT2D eigenvalue weighted by atomic mass is 16.5. The zero-order valence-corrected chi connectivity index (χ0v) is 12.3. The van der Waals surface area contributed by atoms with Crippen molar-refractivity contribution in [3.8, 4) is 11.1 Å². The molecule has 0 aliphatic rings. The molecule has 110 valence electrons. The van der Waals surface area contributed by atoms with Crippen molar-refractivity contribution in [2.24, 2.45) is 0 Å². The quantitative estimate of drug-likeness (QED) is 0.801. The van der Waals surface area contributed by atoms with Gasteiger partial charge in [-0.3, -0.25) is 4.79 Å². The number of hydrogen-bond acceptors (Lipinski definition) is 4. The molecule has 0 saturated carbocycles. The van der Waals surface area contributed by atoms with Gasteiger partial charge in [-0.1, -0.05) is 35.5 Å². The first-order valence-electron chi connectivity index (χ1n) is 6.91. The van der Waals surface area contributed by atoms with Gasteiger partial charge in [-0.2, -0.15) is 0 Å². The Morgan fingerprint density at radius 2 is 1.82 bits per heavy atom. The predicted octanol–water partition coefficient (Wildman–Crippen LogP) is 3.61. The third-order valence-corrected chi connectivity index (χ3v) is 3.37. The fourth-order valence-corrected chi connectivity index (χ4v) is 2.26. The lowest BCUT2D eigenvalue weighted by atomic mass is 10.1. The number of benzene rings is 1. The summed E-state index contributed by atoms with van der Waals surface area (Å²) in [5.74, 6) is 0.719. The van der Waals surface area contributed by atoms with Gasteiger partial charge in [0.2, 0.25) is 0 Å². The SMILES string of the molecule is Cc1noc(C)c1C(=O)Nc1ccc(-c2ccccc2)cn1. The summed E-state index contributed by atoms with van der Waals surface area (Å²) in [6.45, 7) is 3.44. The molecular weight excluding hydrogens is 278 g/mol. The summed E-state index contributed by atoms with van der Waals surface area (Å²) < 4.78 is 5.00. The van der Waals surface area contributed by atoms with Crippen molar-refractivity contribution >= 4 is 11.7 Å². The largest absolute Gasteiger partial charge is 0.361 e. The van der Waals surface area contributed by atoms with E-state index in [2.05, 4.69) is 15.5 Å². The van der Waals surface area contributed by atoms with Crippen LogP contribution in [0.25, 0.3) is 11.1 Å². The third-order valence-electron chi connectivity index (χ3n) is 3.37. The van der Waals surface area contributed by atoms with Gasteiger partial charge in [-0.05, 0) is 31.5 Å². The number of nitrogens with one attached hydrogen (secondary N) is 1. The number of carbonyl (C=O) groups is 1. The van der Waals surface area contributed by atoms with Gasteiger partial charge in [-0.25, -0.2) is 4.98 Å². The maximum Gasteiger partial charge on any atom is 0.262 e. The fourth-order valence-electron chi connectivity index (χ4n) is 2.26. The molecule has 1 aromatic carbocycles. The summed E-state index contributed by atoms with van der Waals surface area (Å²) in [6, 6.07) is 13.6. The van der Waals surface area contributed by atoms with Crippen molar-refractivity contribution in [2.75, 3.05) is 5.32 Å². The molecule has 0 bridgehead atoms.